The Balaban J connectivity index is 1.99. The predicted octanol–water partition coefficient (Wildman–Crippen LogP) is 2.77. The molecule has 1 aliphatic heterocycles. The Morgan fingerprint density at radius 1 is 1.48 bits per heavy atom. The molecule has 0 radical (unpaired) electrons. The van der Waals surface area contributed by atoms with Crippen LogP contribution in [-0.2, 0) is 16.1 Å². The van der Waals surface area contributed by atoms with Gasteiger partial charge in [0, 0.05) is 18.8 Å². The molecular weight excluding hydrogens is 266 g/mol. The number of rotatable bonds is 4. The summed E-state index contributed by atoms with van der Waals surface area (Å²) in [5.41, 5.74) is 0.587. The van der Waals surface area contributed by atoms with Crippen LogP contribution in [0.1, 0.15) is 59.2 Å². The lowest BCUT2D eigenvalue weighted by molar-refractivity contribution is -0.160. The normalized spacial score (nSPS) is 20.2. The second-order valence-electron chi connectivity index (χ2n) is 7.04. The highest BCUT2D eigenvalue weighted by atomic mass is 16.6. The monoisotopic (exact) mass is 293 g/mol. The van der Waals surface area contributed by atoms with Crippen LogP contribution in [0.5, 0.6) is 0 Å². The van der Waals surface area contributed by atoms with Crippen molar-refractivity contribution in [2.45, 2.75) is 71.7 Å². The first kappa shape index (κ1) is 16.0. The SMILES string of the molecule is CC(C)n1ccc(CN2CCC[C@@H]2C(=O)OC(C)(C)C)n1. The number of hydrogen-bond donors (Lipinski definition) is 0. The van der Waals surface area contributed by atoms with Gasteiger partial charge in [0.25, 0.3) is 0 Å². The number of hydrogen-bond acceptors (Lipinski definition) is 4. The maximum absolute atomic E-state index is 12.3. The van der Waals surface area contributed by atoms with Crippen molar-refractivity contribution in [1.82, 2.24) is 14.7 Å². The van der Waals surface area contributed by atoms with Gasteiger partial charge in [0.1, 0.15) is 11.6 Å². The first-order chi connectivity index (χ1) is 9.76. The largest absolute Gasteiger partial charge is 0.459 e. The van der Waals surface area contributed by atoms with E-state index in [0.717, 1.165) is 25.1 Å². The highest BCUT2D eigenvalue weighted by Gasteiger charge is 2.34. The number of carbonyl (C=O) groups is 1. The second-order valence-corrected chi connectivity index (χ2v) is 7.04. The number of likely N-dealkylation sites (tertiary alicyclic amines) is 1. The fourth-order valence-corrected chi connectivity index (χ4v) is 2.61. The number of ether oxygens (including phenoxy) is 1. The lowest BCUT2D eigenvalue weighted by atomic mass is 10.1. The molecule has 1 saturated heterocycles. The first-order valence-corrected chi connectivity index (χ1v) is 7.77. The van der Waals surface area contributed by atoms with Crippen LogP contribution in [0.15, 0.2) is 12.3 Å². The van der Waals surface area contributed by atoms with Crippen molar-refractivity contribution in [3.8, 4) is 0 Å². The van der Waals surface area contributed by atoms with Gasteiger partial charge in [-0.25, -0.2) is 0 Å². The van der Waals surface area contributed by atoms with Crippen LogP contribution in [0, 0.1) is 0 Å². The first-order valence-electron chi connectivity index (χ1n) is 7.77. The molecule has 0 N–H and O–H groups in total. The van der Waals surface area contributed by atoms with E-state index >= 15 is 0 Å². The second kappa shape index (κ2) is 6.18. The summed E-state index contributed by atoms with van der Waals surface area (Å²) >= 11 is 0. The molecule has 0 spiro atoms. The van der Waals surface area contributed by atoms with Crippen LogP contribution in [0.25, 0.3) is 0 Å². The Labute approximate surface area is 127 Å². The molecule has 0 unspecified atom stereocenters. The van der Waals surface area contributed by atoms with Crippen LogP contribution in [0.2, 0.25) is 0 Å². The molecule has 5 nitrogen and oxygen atoms in total. The van der Waals surface area contributed by atoms with E-state index < -0.39 is 5.60 Å². The fourth-order valence-electron chi connectivity index (χ4n) is 2.61. The lowest BCUT2D eigenvalue weighted by Gasteiger charge is -2.26. The Hall–Kier alpha value is -1.36. The van der Waals surface area contributed by atoms with Crippen LogP contribution >= 0.6 is 0 Å². The summed E-state index contributed by atoms with van der Waals surface area (Å²) in [6, 6.07) is 2.26. The molecule has 2 rings (SSSR count). The van der Waals surface area contributed by atoms with Crippen molar-refractivity contribution in [2.75, 3.05) is 6.54 Å². The van der Waals surface area contributed by atoms with E-state index in [4.69, 9.17) is 4.74 Å². The van der Waals surface area contributed by atoms with E-state index in [2.05, 4.69) is 23.8 Å². The van der Waals surface area contributed by atoms with Crippen LogP contribution in [0.4, 0.5) is 0 Å². The average molecular weight is 293 g/mol. The van der Waals surface area contributed by atoms with Gasteiger partial charge in [-0.15, -0.1) is 0 Å². The third kappa shape index (κ3) is 4.30. The van der Waals surface area contributed by atoms with E-state index in [-0.39, 0.29) is 12.0 Å². The fraction of sp³-hybridized carbons (Fsp3) is 0.750. The van der Waals surface area contributed by atoms with Gasteiger partial charge in [-0.1, -0.05) is 0 Å². The van der Waals surface area contributed by atoms with Crippen LogP contribution < -0.4 is 0 Å². The van der Waals surface area contributed by atoms with Gasteiger partial charge in [0.05, 0.1) is 5.69 Å². The molecule has 0 bridgehead atoms. The van der Waals surface area contributed by atoms with E-state index in [1.165, 1.54) is 0 Å². The third-order valence-corrected chi connectivity index (χ3v) is 3.60. The minimum atomic E-state index is -0.426. The van der Waals surface area contributed by atoms with Crippen molar-refractivity contribution < 1.29 is 9.53 Å². The molecule has 0 saturated carbocycles. The molecule has 1 atom stereocenters. The van der Waals surface area contributed by atoms with Gasteiger partial charge < -0.3 is 4.74 Å². The quantitative estimate of drug-likeness (QED) is 0.801. The molecule has 0 aromatic carbocycles. The zero-order valence-electron chi connectivity index (χ0n) is 13.8. The number of aromatic nitrogens is 2. The van der Waals surface area contributed by atoms with Crippen molar-refractivity contribution in [3.63, 3.8) is 0 Å². The van der Waals surface area contributed by atoms with E-state index in [1.54, 1.807) is 0 Å². The Morgan fingerprint density at radius 2 is 2.19 bits per heavy atom. The third-order valence-electron chi connectivity index (χ3n) is 3.60. The summed E-state index contributed by atoms with van der Waals surface area (Å²) in [7, 11) is 0. The lowest BCUT2D eigenvalue weighted by Crippen LogP contribution is -2.40. The summed E-state index contributed by atoms with van der Waals surface area (Å²) in [6.45, 7) is 11.6. The minimum Gasteiger partial charge on any atom is -0.459 e. The predicted molar refractivity (Wildman–Crippen MR) is 81.9 cm³/mol. The van der Waals surface area contributed by atoms with Gasteiger partial charge >= 0.3 is 5.97 Å². The van der Waals surface area contributed by atoms with Crippen LogP contribution in [0.3, 0.4) is 0 Å². The molecule has 0 aliphatic carbocycles. The van der Waals surface area contributed by atoms with Gasteiger partial charge in [0.2, 0.25) is 0 Å². The summed E-state index contributed by atoms with van der Waals surface area (Å²) < 4.78 is 7.48. The molecule has 0 amide bonds. The highest BCUT2D eigenvalue weighted by molar-refractivity contribution is 5.76. The highest BCUT2D eigenvalue weighted by Crippen LogP contribution is 2.23. The number of nitrogens with zero attached hydrogens (tertiary/aromatic N) is 3. The Bertz CT molecular complexity index is 488. The van der Waals surface area contributed by atoms with Crippen molar-refractivity contribution >= 4 is 5.97 Å². The number of carbonyl (C=O) groups excluding carboxylic acids is 1. The van der Waals surface area contributed by atoms with Crippen LogP contribution in [-0.4, -0.2) is 38.8 Å². The van der Waals surface area contributed by atoms with E-state index in [1.807, 2.05) is 37.7 Å². The van der Waals surface area contributed by atoms with Crippen molar-refractivity contribution in [2.24, 2.45) is 0 Å². The Kier molecular flexibility index (Phi) is 4.71. The summed E-state index contributed by atoms with van der Waals surface area (Å²) in [5, 5.41) is 4.56. The average Bonchev–Trinajstić information content (AvgIpc) is 2.96. The molecule has 1 aliphatic rings. The topological polar surface area (TPSA) is 47.4 Å². The molecule has 5 heteroatoms. The van der Waals surface area contributed by atoms with E-state index in [0.29, 0.717) is 12.6 Å². The zero-order valence-corrected chi connectivity index (χ0v) is 13.8. The summed E-state index contributed by atoms with van der Waals surface area (Å²) in [6.07, 6.45) is 3.91. The smallest absolute Gasteiger partial charge is 0.323 e. The molecule has 1 fully saturated rings. The molecule has 1 aromatic heterocycles. The molecule has 1 aromatic rings. The maximum Gasteiger partial charge on any atom is 0.323 e. The van der Waals surface area contributed by atoms with Crippen molar-refractivity contribution in [1.29, 1.82) is 0 Å². The van der Waals surface area contributed by atoms with Gasteiger partial charge in [0.15, 0.2) is 0 Å². The van der Waals surface area contributed by atoms with Crippen molar-refractivity contribution in [3.05, 3.63) is 18.0 Å². The van der Waals surface area contributed by atoms with Gasteiger partial charge in [-0.2, -0.15) is 5.10 Å². The summed E-state index contributed by atoms with van der Waals surface area (Å²) in [4.78, 5) is 14.5. The number of esters is 1. The Morgan fingerprint density at radius 3 is 2.76 bits per heavy atom. The standard InChI is InChI=1S/C16H27N3O2/c1-12(2)19-10-8-13(17-19)11-18-9-6-7-14(18)15(20)21-16(3,4)5/h8,10,12,14H,6-7,9,11H2,1-5H3/t14-/m1/s1. The molecule has 21 heavy (non-hydrogen) atoms. The molecule has 118 valence electrons. The van der Waals surface area contributed by atoms with E-state index in [9.17, 15) is 4.79 Å². The molecular formula is C16H27N3O2. The zero-order chi connectivity index (χ0) is 15.6. The molecule has 2 heterocycles. The summed E-state index contributed by atoms with van der Waals surface area (Å²) in [5.74, 6) is -0.108. The maximum atomic E-state index is 12.3. The van der Waals surface area contributed by atoms with Gasteiger partial charge in [-0.3, -0.25) is 14.4 Å². The minimum absolute atomic E-state index is 0.108. The van der Waals surface area contributed by atoms with Gasteiger partial charge in [-0.05, 0) is 60.1 Å².